The largest absolute Gasteiger partial charge is 0.355 e. The van der Waals surface area contributed by atoms with Crippen molar-refractivity contribution in [3.05, 3.63) is 84.2 Å². The molecule has 2 aromatic heterocycles. The van der Waals surface area contributed by atoms with Crippen molar-refractivity contribution in [2.24, 2.45) is 0 Å². The minimum absolute atomic E-state index is 0.276. The van der Waals surface area contributed by atoms with Crippen LogP contribution in [0.5, 0.6) is 0 Å². The molecule has 0 aliphatic carbocycles. The van der Waals surface area contributed by atoms with Crippen LogP contribution in [0.4, 0.5) is 15.8 Å². The van der Waals surface area contributed by atoms with Crippen molar-refractivity contribution in [1.29, 1.82) is 0 Å². The molecule has 24 heavy (non-hydrogen) atoms. The lowest BCUT2D eigenvalue weighted by Gasteiger charge is -2.08. The second-order valence-electron chi connectivity index (χ2n) is 5.11. The van der Waals surface area contributed by atoms with Gasteiger partial charge in [-0.05, 0) is 48.0 Å². The topological polar surface area (TPSA) is 66.9 Å². The van der Waals surface area contributed by atoms with E-state index < -0.39 is 0 Å². The molecule has 120 valence electrons. The molecule has 0 saturated carbocycles. The van der Waals surface area contributed by atoms with Gasteiger partial charge >= 0.3 is 0 Å². The fourth-order valence-electron chi connectivity index (χ4n) is 2.11. The van der Waals surface area contributed by atoms with Gasteiger partial charge in [0.1, 0.15) is 11.5 Å². The third-order valence-electron chi connectivity index (χ3n) is 3.30. The van der Waals surface area contributed by atoms with Crippen molar-refractivity contribution in [3.63, 3.8) is 0 Å². The number of aromatic nitrogens is 2. The van der Waals surface area contributed by atoms with E-state index in [1.54, 1.807) is 42.9 Å². The van der Waals surface area contributed by atoms with E-state index >= 15 is 0 Å². The van der Waals surface area contributed by atoms with Crippen LogP contribution in [0.25, 0.3) is 0 Å². The highest BCUT2D eigenvalue weighted by molar-refractivity contribution is 5.93. The summed E-state index contributed by atoms with van der Waals surface area (Å²) in [6.07, 6.45) is 4.92. The molecule has 3 rings (SSSR count). The maximum atomic E-state index is 12.9. The minimum atomic E-state index is -0.300. The summed E-state index contributed by atoms with van der Waals surface area (Å²) in [6, 6.07) is 13.1. The summed E-state index contributed by atoms with van der Waals surface area (Å²) in [6.45, 7) is 0.379. The molecule has 0 aliphatic rings. The molecule has 1 amide bonds. The summed E-state index contributed by atoms with van der Waals surface area (Å²) in [5.41, 5.74) is 2.63. The molecule has 2 heterocycles. The third kappa shape index (κ3) is 4.13. The number of anilines is 2. The first-order chi connectivity index (χ1) is 11.7. The molecule has 0 spiro atoms. The standard InChI is InChI=1S/C18H15FN4O/c19-14-3-5-15(6-4-14)23-16-7-9-21-17(10-16)18(24)22-12-13-2-1-8-20-11-13/h1-11H,12H2,(H,21,23)(H,22,24). The van der Waals surface area contributed by atoms with Crippen LogP contribution < -0.4 is 10.6 Å². The van der Waals surface area contributed by atoms with Gasteiger partial charge in [-0.15, -0.1) is 0 Å². The van der Waals surface area contributed by atoms with Crippen LogP contribution in [0.1, 0.15) is 16.1 Å². The number of rotatable bonds is 5. The van der Waals surface area contributed by atoms with E-state index in [-0.39, 0.29) is 11.7 Å². The van der Waals surface area contributed by atoms with Crippen molar-refractivity contribution >= 4 is 17.3 Å². The first-order valence-electron chi connectivity index (χ1n) is 7.36. The highest BCUT2D eigenvalue weighted by Crippen LogP contribution is 2.17. The fraction of sp³-hybridized carbons (Fsp3) is 0.0556. The molecule has 0 saturated heterocycles. The van der Waals surface area contributed by atoms with E-state index in [1.807, 2.05) is 12.1 Å². The average molecular weight is 322 g/mol. The lowest BCUT2D eigenvalue weighted by Crippen LogP contribution is -2.23. The first kappa shape index (κ1) is 15.6. The van der Waals surface area contributed by atoms with Crippen molar-refractivity contribution in [1.82, 2.24) is 15.3 Å². The molecule has 0 radical (unpaired) electrons. The van der Waals surface area contributed by atoms with E-state index in [1.165, 1.54) is 12.1 Å². The van der Waals surface area contributed by atoms with Crippen molar-refractivity contribution in [3.8, 4) is 0 Å². The third-order valence-corrected chi connectivity index (χ3v) is 3.30. The van der Waals surface area contributed by atoms with Gasteiger partial charge in [-0.2, -0.15) is 0 Å². The van der Waals surface area contributed by atoms with Crippen LogP contribution in [0.15, 0.2) is 67.1 Å². The summed E-state index contributed by atoms with van der Waals surface area (Å²) in [5, 5.41) is 5.90. The quantitative estimate of drug-likeness (QED) is 0.756. The number of carbonyl (C=O) groups excluding carboxylic acids is 1. The number of nitrogens with one attached hydrogen (secondary N) is 2. The Labute approximate surface area is 138 Å². The molecule has 3 aromatic rings. The van der Waals surface area contributed by atoms with E-state index in [2.05, 4.69) is 20.6 Å². The van der Waals surface area contributed by atoms with E-state index in [9.17, 15) is 9.18 Å². The van der Waals surface area contributed by atoms with Crippen LogP contribution in [0.2, 0.25) is 0 Å². The van der Waals surface area contributed by atoms with E-state index in [0.29, 0.717) is 17.9 Å². The summed E-state index contributed by atoms with van der Waals surface area (Å²) in [4.78, 5) is 20.3. The lowest BCUT2D eigenvalue weighted by atomic mass is 10.2. The van der Waals surface area contributed by atoms with Gasteiger partial charge in [-0.25, -0.2) is 4.39 Å². The number of halogens is 1. The van der Waals surface area contributed by atoms with Gasteiger partial charge in [-0.1, -0.05) is 6.07 Å². The number of nitrogens with zero attached hydrogens (tertiary/aromatic N) is 2. The van der Waals surface area contributed by atoms with Gasteiger partial charge in [0.25, 0.3) is 5.91 Å². The Bertz CT molecular complexity index is 822. The second-order valence-corrected chi connectivity index (χ2v) is 5.11. The molecule has 0 aliphatic heterocycles. The van der Waals surface area contributed by atoms with Gasteiger partial charge in [0.05, 0.1) is 0 Å². The Balaban J connectivity index is 1.65. The average Bonchev–Trinajstić information content (AvgIpc) is 2.63. The highest BCUT2D eigenvalue weighted by Gasteiger charge is 2.08. The Morgan fingerprint density at radius 2 is 1.88 bits per heavy atom. The van der Waals surface area contributed by atoms with Crippen molar-refractivity contribution in [2.75, 3.05) is 5.32 Å². The summed E-state index contributed by atoms with van der Waals surface area (Å²) in [5.74, 6) is -0.577. The number of benzene rings is 1. The van der Waals surface area contributed by atoms with Crippen LogP contribution in [0, 0.1) is 5.82 Å². The number of carbonyl (C=O) groups is 1. The highest BCUT2D eigenvalue weighted by atomic mass is 19.1. The summed E-state index contributed by atoms with van der Waals surface area (Å²) < 4.78 is 12.9. The van der Waals surface area contributed by atoms with Gasteiger partial charge in [0.2, 0.25) is 0 Å². The molecule has 1 aromatic carbocycles. The summed E-state index contributed by atoms with van der Waals surface area (Å²) >= 11 is 0. The monoisotopic (exact) mass is 322 g/mol. The molecule has 0 atom stereocenters. The molecule has 2 N–H and O–H groups in total. The Hall–Kier alpha value is -3.28. The number of hydrogen-bond donors (Lipinski definition) is 2. The Morgan fingerprint density at radius 3 is 2.62 bits per heavy atom. The zero-order valence-electron chi connectivity index (χ0n) is 12.7. The number of hydrogen-bond acceptors (Lipinski definition) is 4. The van der Waals surface area contributed by atoms with Gasteiger partial charge in [0.15, 0.2) is 0 Å². The van der Waals surface area contributed by atoms with Crippen LogP contribution in [0.3, 0.4) is 0 Å². The number of pyridine rings is 2. The molecule has 5 nitrogen and oxygen atoms in total. The van der Waals surface area contributed by atoms with E-state index in [0.717, 1.165) is 11.3 Å². The van der Waals surface area contributed by atoms with Crippen LogP contribution in [-0.2, 0) is 6.54 Å². The van der Waals surface area contributed by atoms with Crippen molar-refractivity contribution < 1.29 is 9.18 Å². The maximum Gasteiger partial charge on any atom is 0.270 e. The molecule has 0 unspecified atom stereocenters. The Kier molecular flexibility index (Phi) is 4.76. The van der Waals surface area contributed by atoms with E-state index in [4.69, 9.17) is 0 Å². The normalized spacial score (nSPS) is 10.2. The lowest BCUT2D eigenvalue weighted by molar-refractivity contribution is 0.0946. The summed E-state index contributed by atoms with van der Waals surface area (Å²) in [7, 11) is 0. The molecule has 0 fully saturated rings. The Morgan fingerprint density at radius 1 is 1.04 bits per heavy atom. The van der Waals surface area contributed by atoms with Crippen LogP contribution in [-0.4, -0.2) is 15.9 Å². The van der Waals surface area contributed by atoms with Crippen LogP contribution >= 0.6 is 0 Å². The fourth-order valence-corrected chi connectivity index (χ4v) is 2.11. The zero-order valence-corrected chi connectivity index (χ0v) is 12.7. The molecule has 6 heteroatoms. The number of amides is 1. The first-order valence-corrected chi connectivity index (χ1v) is 7.36. The van der Waals surface area contributed by atoms with Gasteiger partial charge in [0, 0.05) is 36.5 Å². The van der Waals surface area contributed by atoms with Crippen molar-refractivity contribution in [2.45, 2.75) is 6.54 Å². The SMILES string of the molecule is O=C(NCc1cccnc1)c1cc(Nc2ccc(F)cc2)ccn1. The minimum Gasteiger partial charge on any atom is -0.355 e. The molecular weight excluding hydrogens is 307 g/mol. The smallest absolute Gasteiger partial charge is 0.270 e. The molecular formula is C18H15FN4O. The molecule has 0 bridgehead atoms. The zero-order chi connectivity index (χ0) is 16.8. The predicted octanol–water partition coefficient (Wildman–Crippen LogP) is 3.29. The maximum absolute atomic E-state index is 12.9. The predicted molar refractivity (Wildman–Crippen MR) is 89.3 cm³/mol. The van der Waals surface area contributed by atoms with Gasteiger partial charge < -0.3 is 10.6 Å². The second kappa shape index (κ2) is 7.32. The van der Waals surface area contributed by atoms with Gasteiger partial charge in [-0.3, -0.25) is 14.8 Å².